The SMILES string of the molecule is CCCn1cc(-c2ccc(O)cc2)[nH]c1=S. The number of phenolic OH excluding ortho intramolecular Hbond substituents is 1. The molecule has 0 saturated heterocycles. The molecule has 1 aromatic carbocycles. The van der Waals surface area contributed by atoms with Gasteiger partial charge in [0.1, 0.15) is 5.75 Å². The van der Waals surface area contributed by atoms with Gasteiger partial charge in [-0.1, -0.05) is 6.92 Å². The first-order chi connectivity index (χ1) is 7.70. The van der Waals surface area contributed by atoms with Gasteiger partial charge in [-0.25, -0.2) is 0 Å². The average Bonchev–Trinajstić information content (AvgIpc) is 2.62. The van der Waals surface area contributed by atoms with E-state index in [1.807, 2.05) is 22.9 Å². The van der Waals surface area contributed by atoms with Crippen LogP contribution in [0.25, 0.3) is 11.3 Å². The minimum atomic E-state index is 0.273. The Labute approximate surface area is 99.4 Å². The molecule has 1 aromatic heterocycles. The van der Waals surface area contributed by atoms with Crippen LogP contribution in [0.5, 0.6) is 5.75 Å². The first kappa shape index (κ1) is 11.0. The smallest absolute Gasteiger partial charge is 0.177 e. The van der Waals surface area contributed by atoms with E-state index in [0.29, 0.717) is 0 Å². The Kier molecular flexibility index (Phi) is 3.10. The van der Waals surface area contributed by atoms with Crippen LogP contribution in [0, 0.1) is 4.77 Å². The Balaban J connectivity index is 2.37. The summed E-state index contributed by atoms with van der Waals surface area (Å²) >= 11 is 5.22. The number of nitrogens with zero attached hydrogens (tertiary/aromatic N) is 1. The zero-order chi connectivity index (χ0) is 11.5. The van der Waals surface area contributed by atoms with Crippen LogP contribution in [0.4, 0.5) is 0 Å². The lowest BCUT2D eigenvalue weighted by atomic mass is 10.2. The highest BCUT2D eigenvalue weighted by Crippen LogP contribution is 2.20. The number of imidazole rings is 1. The number of nitrogens with one attached hydrogen (secondary N) is 1. The van der Waals surface area contributed by atoms with Crippen molar-refractivity contribution in [3.05, 3.63) is 35.2 Å². The van der Waals surface area contributed by atoms with Crippen LogP contribution in [-0.2, 0) is 6.54 Å². The number of hydrogen-bond donors (Lipinski definition) is 2. The highest BCUT2D eigenvalue weighted by Gasteiger charge is 2.02. The fraction of sp³-hybridized carbons (Fsp3) is 0.250. The first-order valence-corrected chi connectivity index (χ1v) is 5.70. The molecule has 0 saturated carbocycles. The lowest BCUT2D eigenvalue weighted by Gasteiger charge is -1.98. The van der Waals surface area contributed by atoms with E-state index in [1.165, 1.54) is 0 Å². The number of aromatic nitrogens is 2. The molecule has 2 N–H and O–H groups in total. The van der Waals surface area contributed by atoms with Crippen molar-refractivity contribution in [2.45, 2.75) is 19.9 Å². The van der Waals surface area contributed by atoms with E-state index < -0.39 is 0 Å². The van der Waals surface area contributed by atoms with Gasteiger partial charge in [-0.3, -0.25) is 0 Å². The molecule has 0 aliphatic carbocycles. The quantitative estimate of drug-likeness (QED) is 0.800. The third-order valence-electron chi connectivity index (χ3n) is 2.43. The van der Waals surface area contributed by atoms with E-state index in [1.54, 1.807) is 12.1 Å². The van der Waals surface area contributed by atoms with Gasteiger partial charge in [-0.15, -0.1) is 0 Å². The standard InChI is InChI=1S/C12H14N2OS/c1-2-7-14-8-11(13-12(14)16)9-3-5-10(15)6-4-9/h3-6,8,15H,2,7H2,1H3,(H,13,16). The van der Waals surface area contributed by atoms with Crippen molar-refractivity contribution in [3.8, 4) is 17.0 Å². The number of rotatable bonds is 3. The molecule has 1 heterocycles. The summed E-state index contributed by atoms with van der Waals surface area (Å²) in [7, 11) is 0. The van der Waals surface area contributed by atoms with Gasteiger partial charge in [0.2, 0.25) is 0 Å². The van der Waals surface area contributed by atoms with E-state index >= 15 is 0 Å². The van der Waals surface area contributed by atoms with E-state index in [2.05, 4.69) is 11.9 Å². The number of hydrogen-bond acceptors (Lipinski definition) is 2. The Bertz CT molecular complexity index is 525. The van der Waals surface area contributed by atoms with Crippen LogP contribution in [-0.4, -0.2) is 14.7 Å². The molecular formula is C12H14N2OS. The minimum Gasteiger partial charge on any atom is -0.508 e. The fourth-order valence-corrected chi connectivity index (χ4v) is 1.88. The van der Waals surface area contributed by atoms with Crippen molar-refractivity contribution in [2.24, 2.45) is 0 Å². The fourth-order valence-electron chi connectivity index (χ4n) is 1.63. The van der Waals surface area contributed by atoms with Crippen LogP contribution >= 0.6 is 12.2 Å². The number of aryl methyl sites for hydroxylation is 1. The van der Waals surface area contributed by atoms with Gasteiger partial charge in [-0.2, -0.15) is 0 Å². The van der Waals surface area contributed by atoms with Crippen molar-refractivity contribution in [3.63, 3.8) is 0 Å². The highest BCUT2D eigenvalue weighted by molar-refractivity contribution is 7.71. The van der Waals surface area contributed by atoms with Crippen molar-refractivity contribution in [1.82, 2.24) is 9.55 Å². The largest absolute Gasteiger partial charge is 0.508 e. The summed E-state index contributed by atoms with van der Waals surface area (Å²) in [6.45, 7) is 3.04. The second-order valence-electron chi connectivity index (χ2n) is 3.71. The number of H-pyrrole nitrogens is 1. The van der Waals surface area contributed by atoms with Gasteiger partial charge in [0.15, 0.2) is 4.77 Å². The maximum Gasteiger partial charge on any atom is 0.177 e. The number of aromatic hydroxyl groups is 1. The van der Waals surface area contributed by atoms with E-state index in [-0.39, 0.29) is 5.75 Å². The Morgan fingerprint density at radius 3 is 2.62 bits per heavy atom. The number of phenols is 1. The van der Waals surface area contributed by atoms with Gasteiger partial charge in [0, 0.05) is 12.7 Å². The summed E-state index contributed by atoms with van der Waals surface area (Å²) in [4.78, 5) is 3.16. The van der Waals surface area contributed by atoms with Gasteiger partial charge in [-0.05, 0) is 48.5 Å². The number of benzene rings is 1. The van der Waals surface area contributed by atoms with Crippen LogP contribution < -0.4 is 0 Å². The van der Waals surface area contributed by atoms with Crippen molar-refractivity contribution < 1.29 is 5.11 Å². The van der Waals surface area contributed by atoms with Crippen LogP contribution in [0.2, 0.25) is 0 Å². The molecule has 0 unspecified atom stereocenters. The molecule has 0 radical (unpaired) electrons. The molecular weight excluding hydrogens is 220 g/mol. The molecule has 0 spiro atoms. The Morgan fingerprint density at radius 2 is 2.00 bits per heavy atom. The minimum absolute atomic E-state index is 0.273. The predicted octanol–water partition coefficient (Wildman–Crippen LogP) is 3.33. The highest BCUT2D eigenvalue weighted by atomic mass is 32.1. The number of aromatic amines is 1. The first-order valence-electron chi connectivity index (χ1n) is 5.29. The third-order valence-corrected chi connectivity index (χ3v) is 2.77. The molecule has 2 aromatic rings. The molecule has 0 bridgehead atoms. The van der Waals surface area contributed by atoms with Gasteiger partial charge < -0.3 is 14.7 Å². The lowest BCUT2D eigenvalue weighted by Crippen LogP contribution is -1.93. The van der Waals surface area contributed by atoms with Crippen LogP contribution in [0.15, 0.2) is 30.5 Å². The zero-order valence-electron chi connectivity index (χ0n) is 9.10. The van der Waals surface area contributed by atoms with Gasteiger partial charge >= 0.3 is 0 Å². The van der Waals surface area contributed by atoms with Gasteiger partial charge in [0.25, 0.3) is 0 Å². The van der Waals surface area contributed by atoms with Crippen LogP contribution in [0.1, 0.15) is 13.3 Å². The summed E-state index contributed by atoms with van der Waals surface area (Å²) in [5, 5.41) is 9.21. The summed E-state index contributed by atoms with van der Waals surface area (Å²) in [6, 6.07) is 7.07. The molecule has 0 fully saturated rings. The molecule has 2 rings (SSSR count). The van der Waals surface area contributed by atoms with E-state index in [9.17, 15) is 5.11 Å². The molecule has 0 atom stereocenters. The van der Waals surface area contributed by atoms with Gasteiger partial charge in [0.05, 0.1) is 5.69 Å². The molecule has 0 aliphatic heterocycles. The molecule has 84 valence electrons. The van der Waals surface area contributed by atoms with E-state index in [0.717, 1.165) is 29.0 Å². The predicted molar refractivity (Wildman–Crippen MR) is 67.0 cm³/mol. The summed E-state index contributed by atoms with van der Waals surface area (Å²) in [5.74, 6) is 0.273. The maximum atomic E-state index is 9.21. The average molecular weight is 234 g/mol. The second kappa shape index (κ2) is 4.53. The monoisotopic (exact) mass is 234 g/mol. The molecule has 0 amide bonds. The van der Waals surface area contributed by atoms with Crippen LogP contribution in [0.3, 0.4) is 0 Å². The Hall–Kier alpha value is -1.55. The van der Waals surface area contributed by atoms with Crippen molar-refractivity contribution >= 4 is 12.2 Å². The molecule has 3 nitrogen and oxygen atoms in total. The Morgan fingerprint density at radius 1 is 1.31 bits per heavy atom. The molecule has 0 aliphatic rings. The van der Waals surface area contributed by atoms with E-state index in [4.69, 9.17) is 12.2 Å². The van der Waals surface area contributed by atoms with Crippen molar-refractivity contribution in [2.75, 3.05) is 0 Å². The lowest BCUT2D eigenvalue weighted by molar-refractivity contribution is 0.475. The molecule has 16 heavy (non-hydrogen) atoms. The summed E-state index contributed by atoms with van der Waals surface area (Å²) in [5.41, 5.74) is 2.01. The summed E-state index contributed by atoms with van der Waals surface area (Å²) in [6.07, 6.45) is 3.07. The molecule has 4 heteroatoms. The third kappa shape index (κ3) is 2.17. The topological polar surface area (TPSA) is 41.0 Å². The second-order valence-corrected chi connectivity index (χ2v) is 4.10. The normalized spacial score (nSPS) is 10.6. The summed E-state index contributed by atoms with van der Waals surface area (Å²) < 4.78 is 2.77. The maximum absolute atomic E-state index is 9.21. The zero-order valence-corrected chi connectivity index (χ0v) is 9.92. The van der Waals surface area contributed by atoms with Crippen molar-refractivity contribution in [1.29, 1.82) is 0 Å².